The number of hydrogen-bond donors (Lipinski definition) is 0. The summed E-state index contributed by atoms with van der Waals surface area (Å²) in [5.41, 5.74) is 3.88. The summed E-state index contributed by atoms with van der Waals surface area (Å²) in [4.78, 5) is 0. The van der Waals surface area contributed by atoms with Crippen LogP contribution in [0.2, 0.25) is 0 Å². The zero-order valence-corrected chi connectivity index (χ0v) is 15.0. The van der Waals surface area contributed by atoms with E-state index in [2.05, 4.69) is 104 Å². The van der Waals surface area contributed by atoms with Crippen molar-refractivity contribution in [3.63, 3.8) is 0 Å². The SMILES string of the molecule is Cc1ccc2ccc3c4ccccc4ccc3c2c1-c1cccc[n+]1C. The van der Waals surface area contributed by atoms with Gasteiger partial charge in [-0.05, 0) is 45.5 Å². The highest BCUT2D eigenvalue weighted by Crippen LogP contribution is 2.37. The molecule has 1 heteroatoms. The monoisotopic (exact) mass is 334 g/mol. The maximum absolute atomic E-state index is 2.28. The molecule has 1 nitrogen and oxygen atoms in total. The van der Waals surface area contributed by atoms with Crippen molar-refractivity contribution in [1.82, 2.24) is 0 Å². The number of fused-ring (bicyclic) bond motifs is 5. The molecule has 0 aliphatic heterocycles. The number of hydrogen-bond acceptors (Lipinski definition) is 0. The molecule has 0 saturated heterocycles. The maximum Gasteiger partial charge on any atom is 0.213 e. The van der Waals surface area contributed by atoms with Crippen molar-refractivity contribution in [3.05, 3.63) is 90.6 Å². The molecular weight excluding hydrogens is 314 g/mol. The van der Waals surface area contributed by atoms with Crippen molar-refractivity contribution in [1.29, 1.82) is 0 Å². The van der Waals surface area contributed by atoms with E-state index < -0.39 is 0 Å². The second-order valence-electron chi connectivity index (χ2n) is 7.00. The molecule has 0 aliphatic rings. The maximum atomic E-state index is 2.28. The van der Waals surface area contributed by atoms with E-state index in [4.69, 9.17) is 0 Å². The van der Waals surface area contributed by atoms with Gasteiger partial charge in [0, 0.05) is 17.5 Å². The van der Waals surface area contributed by atoms with Gasteiger partial charge in [0.15, 0.2) is 6.20 Å². The average molecular weight is 334 g/mol. The first-order valence-corrected chi connectivity index (χ1v) is 9.03. The number of benzene rings is 4. The summed E-state index contributed by atoms with van der Waals surface area (Å²) in [6.07, 6.45) is 2.12. The van der Waals surface area contributed by atoms with Crippen LogP contribution in [0.4, 0.5) is 0 Å². The highest BCUT2D eigenvalue weighted by Gasteiger charge is 2.17. The van der Waals surface area contributed by atoms with Crippen molar-refractivity contribution < 1.29 is 4.57 Å². The largest absolute Gasteiger partial charge is 0.213 e. The first-order valence-electron chi connectivity index (χ1n) is 9.03. The number of rotatable bonds is 1. The number of pyridine rings is 1. The van der Waals surface area contributed by atoms with E-state index in [0.29, 0.717) is 0 Å². The molecule has 0 atom stereocenters. The van der Waals surface area contributed by atoms with E-state index in [0.717, 1.165) is 0 Å². The third-order valence-electron chi connectivity index (χ3n) is 5.43. The van der Waals surface area contributed by atoms with Crippen LogP contribution in [-0.2, 0) is 7.05 Å². The summed E-state index contributed by atoms with van der Waals surface area (Å²) in [5, 5.41) is 7.88. The number of aryl methyl sites for hydroxylation is 2. The lowest BCUT2D eigenvalue weighted by Gasteiger charge is -2.13. The highest BCUT2D eigenvalue weighted by molar-refractivity contribution is 6.20. The second kappa shape index (κ2) is 5.67. The molecule has 0 N–H and O–H groups in total. The predicted octanol–water partition coefficient (Wildman–Crippen LogP) is 5.95. The molecule has 0 unspecified atom stereocenters. The third-order valence-corrected chi connectivity index (χ3v) is 5.43. The van der Waals surface area contributed by atoms with Gasteiger partial charge in [-0.1, -0.05) is 60.7 Å². The Morgan fingerprint density at radius 2 is 1.35 bits per heavy atom. The lowest BCUT2D eigenvalue weighted by molar-refractivity contribution is -0.660. The van der Waals surface area contributed by atoms with E-state index in [1.54, 1.807) is 0 Å². The van der Waals surface area contributed by atoms with Crippen LogP contribution in [0.15, 0.2) is 85.1 Å². The lowest BCUT2D eigenvalue weighted by atomic mass is 9.91. The van der Waals surface area contributed by atoms with Gasteiger partial charge in [-0.15, -0.1) is 0 Å². The zero-order chi connectivity index (χ0) is 17.7. The molecule has 1 heterocycles. The second-order valence-corrected chi connectivity index (χ2v) is 7.00. The minimum atomic E-state index is 1.25. The van der Waals surface area contributed by atoms with E-state index in [1.165, 1.54) is 49.1 Å². The summed E-state index contributed by atoms with van der Waals surface area (Å²) >= 11 is 0. The molecule has 0 bridgehead atoms. The van der Waals surface area contributed by atoms with Crippen LogP contribution in [0.25, 0.3) is 43.6 Å². The van der Waals surface area contributed by atoms with Gasteiger partial charge >= 0.3 is 0 Å². The van der Waals surface area contributed by atoms with E-state index in [9.17, 15) is 0 Å². The lowest BCUT2D eigenvalue weighted by Crippen LogP contribution is -2.30. The molecule has 0 spiro atoms. The van der Waals surface area contributed by atoms with Gasteiger partial charge < -0.3 is 0 Å². The van der Waals surface area contributed by atoms with Gasteiger partial charge in [-0.3, -0.25) is 0 Å². The Bertz CT molecular complexity index is 1300. The minimum Gasteiger partial charge on any atom is -0.201 e. The summed E-state index contributed by atoms with van der Waals surface area (Å²) in [5.74, 6) is 0. The van der Waals surface area contributed by atoms with Crippen LogP contribution >= 0.6 is 0 Å². The topological polar surface area (TPSA) is 3.88 Å². The molecule has 0 fully saturated rings. The molecule has 4 aromatic carbocycles. The predicted molar refractivity (Wildman–Crippen MR) is 110 cm³/mol. The fraction of sp³-hybridized carbons (Fsp3) is 0.0800. The molecule has 26 heavy (non-hydrogen) atoms. The fourth-order valence-electron chi connectivity index (χ4n) is 4.13. The first-order chi connectivity index (χ1) is 12.7. The Morgan fingerprint density at radius 3 is 2.23 bits per heavy atom. The minimum absolute atomic E-state index is 1.25. The molecular formula is C25H20N+. The Kier molecular flexibility index (Phi) is 3.29. The molecule has 0 amide bonds. The van der Waals surface area contributed by atoms with Crippen LogP contribution in [0.1, 0.15) is 5.56 Å². The Labute approximate surface area is 153 Å². The van der Waals surface area contributed by atoms with Crippen molar-refractivity contribution in [2.45, 2.75) is 6.92 Å². The standard InChI is InChI=1S/C25H20N/c1-17-10-11-19-13-14-21-20-8-4-3-7-18(20)12-15-22(21)25(19)24(17)23-9-5-6-16-26(23)2/h3-16H,1-2H3/q+1. The Morgan fingerprint density at radius 1 is 0.615 bits per heavy atom. The molecule has 124 valence electrons. The van der Waals surface area contributed by atoms with Crippen LogP contribution in [0.5, 0.6) is 0 Å². The molecule has 5 rings (SSSR count). The summed E-state index contributed by atoms with van der Waals surface area (Å²) in [7, 11) is 2.12. The first kappa shape index (κ1) is 15.1. The van der Waals surface area contributed by atoms with Gasteiger partial charge in [0.05, 0.1) is 5.56 Å². The number of nitrogens with zero attached hydrogens (tertiary/aromatic N) is 1. The highest BCUT2D eigenvalue weighted by atomic mass is 14.9. The van der Waals surface area contributed by atoms with Crippen LogP contribution < -0.4 is 4.57 Å². The van der Waals surface area contributed by atoms with E-state index >= 15 is 0 Å². The quantitative estimate of drug-likeness (QED) is 0.263. The zero-order valence-electron chi connectivity index (χ0n) is 15.0. The average Bonchev–Trinajstić information content (AvgIpc) is 2.68. The van der Waals surface area contributed by atoms with Crippen LogP contribution in [0.3, 0.4) is 0 Å². The van der Waals surface area contributed by atoms with Crippen molar-refractivity contribution in [2.24, 2.45) is 7.05 Å². The van der Waals surface area contributed by atoms with Crippen molar-refractivity contribution >= 4 is 32.3 Å². The number of aromatic nitrogens is 1. The molecule has 0 radical (unpaired) electrons. The normalized spacial score (nSPS) is 11.5. The smallest absolute Gasteiger partial charge is 0.201 e. The summed E-state index contributed by atoms with van der Waals surface area (Å²) in [6, 6.07) is 28.6. The Balaban J connectivity index is 2.02. The molecule has 5 aromatic rings. The summed E-state index contributed by atoms with van der Waals surface area (Å²) in [6.45, 7) is 2.21. The molecule has 0 aliphatic carbocycles. The van der Waals surface area contributed by atoms with Gasteiger partial charge in [-0.2, -0.15) is 0 Å². The Hall–Kier alpha value is -3.19. The van der Waals surface area contributed by atoms with E-state index in [-0.39, 0.29) is 0 Å². The van der Waals surface area contributed by atoms with Crippen LogP contribution in [-0.4, -0.2) is 0 Å². The van der Waals surface area contributed by atoms with Gasteiger partial charge in [-0.25, -0.2) is 4.57 Å². The fourth-order valence-corrected chi connectivity index (χ4v) is 4.13. The van der Waals surface area contributed by atoms with Gasteiger partial charge in [0.25, 0.3) is 0 Å². The van der Waals surface area contributed by atoms with E-state index in [1.807, 2.05) is 0 Å². The van der Waals surface area contributed by atoms with Gasteiger partial charge in [0.1, 0.15) is 7.05 Å². The molecule has 1 aromatic heterocycles. The van der Waals surface area contributed by atoms with Crippen molar-refractivity contribution in [3.8, 4) is 11.3 Å². The third kappa shape index (κ3) is 2.14. The van der Waals surface area contributed by atoms with Gasteiger partial charge in [0.2, 0.25) is 5.69 Å². The van der Waals surface area contributed by atoms with Crippen LogP contribution in [0, 0.1) is 6.92 Å². The molecule has 0 saturated carbocycles. The van der Waals surface area contributed by atoms with Crippen molar-refractivity contribution in [2.75, 3.05) is 0 Å². The summed E-state index contributed by atoms with van der Waals surface area (Å²) < 4.78 is 2.21.